The van der Waals surface area contributed by atoms with Crippen molar-refractivity contribution < 1.29 is 4.79 Å². The number of nitrogens with zero attached hydrogens (tertiary/aromatic N) is 3. The van der Waals surface area contributed by atoms with E-state index in [0.717, 1.165) is 25.7 Å². The van der Waals surface area contributed by atoms with E-state index in [9.17, 15) is 4.79 Å². The second kappa shape index (κ2) is 6.08. The second-order valence-corrected chi connectivity index (χ2v) is 3.56. The van der Waals surface area contributed by atoms with Crippen molar-refractivity contribution >= 4 is 57.0 Å². The summed E-state index contributed by atoms with van der Waals surface area (Å²) in [6, 6.07) is 0. The first kappa shape index (κ1) is 11.6. The number of thiol groups is 2. The van der Waals surface area contributed by atoms with Crippen LogP contribution in [0.2, 0.25) is 0 Å². The molecule has 0 fully saturated rings. The maximum atomic E-state index is 10.5. The highest BCUT2D eigenvalue weighted by atomic mass is 32.1. The average molecular weight is 226 g/mol. The molecule has 5 nitrogen and oxygen atoms in total. The van der Waals surface area contributed by atoms with Gasteiger partial charge in [0.2, 0.25) is 0 Å². The Balaban J connectivity index is 2.38. The summed E-state index contributed by atoms with van der Waals surface area (Å²) in [5.41, 5.74) is 0.728. The van der Waals surface area contributed by atoms with Gasteiger partial charge in [0.15, 0.2) is 6.45 Å². The lowest BCUT2D eigenvalue weighted by molar-refractivity contribution is 0.265. The Morgan fingerprint density at radius 3 is 3.14 bits per heavy atom. The molecule has 0 unspecified atom stereocenters. The molecule has 0 atom stereocenters. The molecule has 0 radical (unpaired) electrons. The second-order valence-electron chi connectivity index (χ2n) is 2.71. The normalized spacial score (nSPS) is 9.29. The Hall–Kier alpha value is -0.495. The molecule has 1 rings (SSSR count). The van der Waals surface area contributed by atoms with Gasteiger partial charge in [-0.15, -0.1) is 5.10 Å². The van der Waals surface area contributed by atoms with Gasteiger partial charge >= 0.3 is 0 Å². The first-order chi connectivity index (χ1) is 6.72. The van der Waals surface area contributed by atoms with Gasteiger partial charge in [-0.1, -0.05) is 17.8 Å². The summed E-state index contributed by atoms with van der Waals surface area (Å²) in [6.07, 6.45) is 3.42. The van der Waals surface area contributed by atoms with Gasteiger partial charge in [-0.3, -0.25) is 9.48 Å². The summed E-state index contributed by atoms with van der Waals surface area (Å²) in [4.78, 5) is 10.5. The van der Waals surface area contributed by atoms with E-state index in [1.165, 1.54) is 0 Å². The minimum atomic E-state index is -0.366. The van der Waals surface area contributed by atoms with E-state index in [0.29, 0.717) is 7.41 Å². The summed E-state index contributed by atoms with van der Waals surface area (Å²) in [5, 5.41) is 9.93. The maximum absolute atomic E-state index is 10.5. The first-order valence-corrected chi connectivity index (χ1v) is 5.27. The van der Waals surface area contributed by atoms with Crippen LogP contribution in [0, 0.1) is 0 Å². The van der Waals surface area contributed by atoms with E-state index >= 15 is 0 Å². The molecule has 10 heteroatoms. The fourth-order valence-corrected chi connectivity index (χ4v) is 1.15. The van der Waals surface area contributed by atoms with Crippen LogP contribution in [0.3, 0.4) is 0 Å². The topological polar surface area (TPSA) is 59.8 Å². The van der Waals surface area contributed by atoms with Crippen LogP contribution in [0.5, 0.6) is 0 Å². The van der Waals surface area contributed by atoms with Crippen LogP contribution in [0.15, 0.2) is 6.20 Å². The van der Waals surface area contributed by atoms with Crippen molar-refractivity contribution in [3.63, 3.8) is 0 Å². The zero-order chi connectivity index (χ0) is 10.4. The van der Waals surface area contributed by atoms with Crippen LogP contribution >= 0.6 is 25.1 Å². The van der Waals surface area contributed by atoms with Crippen molar-refractivity contribution in [1.82, 2.24) is 20.2 Å². The van der Waals surface area contributed by atoms with Crippen LogP contribution in [0.4, 0.5) is 4.79 Å². The van der Waals surface area contributed by atoms with Crippen molar-refractivity contribution in [1.29, 1.82) is 0 Å². The monoisotopic (exact) mass is 226 g/mol. The van der Waals surface area contributed by atoms with E-state index in [1.54, 1.807) is 10.9 Å². The molecule has 0 aliphatic rings. The van der Waals surface area contributed by atoms with E-state index in [4.69, 9.17) is 0 Å². The summed E-state index contributed by atoms with van der Waals surface area (Å²) < 4.78 is 1.73. The Morgan fingerprint density at radius 1 is 1.71 bits per heavy atom. The summed E-state index contributed by atoms with van der Waals surface area (Å²) in [6.45, 7) is 0. The minimum absolute atomic E-state index is 0.364. The Kier molecular flexibility index (Phi) is 5.03. The van der Waals surface area contributed by atoms with Gasteiger partial charge in [0.1, 0.15) is 7.17 Å². The molecule has 1 aromatic rings. The predicted octanol–water partition coefficient (Wildman–Crippen LogP) is -2.52. The molecule has 0 aliphatic heterocycles. The van der Waals surface area contributed by atoms with Crippen LogP contribution in [0.1, 0.15) is 0 Å². The van der Waals surface area contributed by atoms with Gasteiger partial charge in [0.05, 0.1) is 5.59 Å². The van der Waals surface area contributed by atoms with Crippen molar-refractivity contribution in [3.05, 3.63) is 6.20 Å². The summed E-state index contributed by atoms with van der Waals surface area (Å²) in [5.74, 6) is 0. The summed E-state index contributed by atoms with van der Waals surface area (Å²) >= 11 is 7.67. The Bertz CT molecular complexity index is 309. The molecule has 0 bridgehead atoms. The van der Waals surface area contributed by atoms with E-state index in [2.05, 4.69) is 40.6 Å². The first-order valence-electron chi connectivity index (χ1n) is 4.19. The number of rotatable bonds is 5. The van der Waals surface area contributed by atoms with Crippen LogP contribution in [-0.2, 0) is 6.44 Å². The van der Waals surface area contributed by atoms with Gasteiger partial charge in [0, 0.05) is 12.6 Å². The lowest BCUT2D eigenvalue weighted by Crippen LogP contribution is -2.33. The molecule has 1 aromatic heterocycles. The molecule has 0 aromatic carbocycles. The molecule has 72 valence electrons. The highest BCUT2D eigenvalue weighted by molar-refractivity contribution is 8.12. The van der Waals surface area contributed by atoms with Crippen LogP contribution in [0.25, 0.3) is 0 Å². The molecule has 0 spiro atoms. The van der Waals surface area contributed by atoms with E-state index in [-0.39, 0.29) is 5.24 Å². The smallest absolute Gasteiger partial charge is 0.296 e. The number of hydrogen-bond acceptors (Lipinski definition) is 4. The highest BCUT2D eigenvalue weighted by Gasteiger charge is 2.03. The molecule has 1 N–H and O–H groups in total. The third kappa shape index (κ3) is 4.14. The molecule has 0 saturated heterocycles. The predicted molar refractivity (Wildman–Crippen MR) is 67.6 cm³/mol. The number of hydrogen-bond donors (Lipinski definition) is 3. The molecule has 14 heavy (non-hydrogen) atoms. The van der Waals surface area contributed by atoms with Gasteiger partial charge in [0.25, 0.3) is 12.7 Å². The quantitative estimate of drug-likeness (QED) is 0.383. The lowest BCUT2D eigenvalue weighted by atomic mass is 9.54. The molecular formula is C4H9B3N4OS2. The fraction of sp³-hybridized carbons (Fsp3) is 0.250. The van der Waals surface area contributed by atoms with Crippen molar-refractivity contribution in [2.24, 2.45) is 0 Å². The Labute approximate surface area is 94.8 Å². The largest absolute Gasteiger partial charge is 0.387 e. The Morgan fingerprint density at radius 2 is 2.50 bits per heavy atom. The van der Waals surface area contributed by atoms with Gasteiger partial charge in [-0.05, 0) is 0 Å². The number of amides is 1. The SMILES string of the molecule is O=C(S)NBc1cn(CBBS)nn1. The fourth-order valence-electron chi connectivity index (χ4n) is 0.928. The van der Waals surface area contributed by atoms with E-state index < -0.39 is 0 Å². The van der Waals surface area contributed by atoms with Crippen LogP contribution < -0.4 is 10.8 Å². The maximum Gasteiger partial charge on any atom is 0.296 e. The van der Waals surface area contributed by atoms with Gasteiger partial charge in [-0.2, -0.15) is 0 Å². The van der Waals surface area contributed by atoms with Crippen molar-refractivity contribution in [3.8, 4) is 0 Å². The van der Waals surface area contributed by atoms with Crippen molar-refractivity contribution in [2.75, 3.05) is 0 Å². The number of carbonyl (C=O) groups excluding carboxylic acids is 1. The average Bonchev–Trinajstić information content (AvgIpc) is 2.59. The lowest BCUT2D eigenvalue weighted by Gasteiger charge is -1.94. The zero-order valence-electron chi connectivity index (χ0n) is 7.55. The summed E-state index contributed by atoms with van der Waals surface area (Å²) in [7, 11) is 1.31. The highest BCUT2D eigenvalue weighted by Crippen LogP contribution is 1.78. The number of aromatic nitrogens is 3. The minimum Gasteiger partial charge on any atom is -0.387 e. The van der Waals surface area contributed by atoms with Gasteiger partial charge < -0.3 is 5.23 Å². The molecular weight excluding hydrogens is 217 g/mol. The number of carbonyl (C=O) groups is 1. The van der Waals surface area contributed by atoms with Gasteiger partial charge in [-0.25, -0.2) is 12.5 Å². The third-order valence-electron chi connectivity index (χ3n) is 1.55. The third-order valence-corrected chi connectivity index (χ3v) is 2.03. The molecule has 1 amide bonds. The number of nitrogens with one attached hydrogen (secondary N) is 1. The molecule has 0 saturated carbocycles. The van der Waals surface area contributed by atoms with E-state index in [1.807, 2.05) is 0 Å². The van der Waals surface area contributed by atoms with Crippen molar-refractivity contribution in [2.45, 2.75) is 6.44 Å². The zero-order valence-corrected chi connectivity index (χ0v) is 9.34. The standard InChI is InChI=1S/C4H9B3N4OS2/c12-4(13)8-6-3-1-11(10-9-3)2-5-7-14/h1,5-7,14H,2H2,(H2,8,12,13). The molecule has 1 heterocycles. The van der Waals surface area contributed by atoms with Crippen LogP contribution in [-0.4, -0.2) is 41.3 Å². The molecule has 0 aliphatic carbocycles.